The Morgan fingerprint density at radius 1 is 1.03 bits per heavy atom. The fraction of sp³-hybridized carbons (Fsp3) is 0.143. The van der Waals surface area contributed by atoms with Crippen LogP contribution < -0.4 is 21.1 Å². The molecule has 2 aliphatic heterocycles. The first-order valence-electron chi connectivity index (χ1n) is 11.8. The fourth-order valence-corrected chi connectivity index (χ4v) is 5.11. The van der Waals surface area contributed by atoms with Gasteiger partial charge < -0.3 is 36.1 Å². The largest absolute Gasteiger partial charge is 0.508 e. The summed E-state index contributed by atoms with van der Waals surface area (Å²) in [4.78, 5) is 37.3. The van der Waals surface area contributed by atoms with E-state index >= 15 is 0 Å². The summed E-state index contributed by atoms with van der Waals surface area (Å²) < 4.78 is 12.1. The molecule has 0 radical (unpaired) electrons. The van der Waals surface area contributed by atoms with Crippen molar-refractivity contribution in [1.29, 1.82) is 0 Å². The highest BCUT2D eigenvalue weighted by Gasteiger charge is 2.53. The molecular weight excluding hydrogens is 522 g/mol. The summed E-state index contributed by atoms with van der Waals surface area (Å²) >= 11 is 5.22. The number of hydrogen-bond acceptors (Lipinski definition) is 8. The number of primary amides is 1. The molecule has 0 saturated heterocycles. The predicted octanol–water partition coefficient (Wildman–Crippen LogP) is 3.79. The highest BCUT2D eigenvalue weighted by atomic mass is 32.1. The Morgan fingerprint density at radius 3 is 2.18 bits per heavy atom. The van der Waals surface area contributed by atoms with Crippen LogP contribution in [-0.2, 0) is 15.1 Å². The molecule has 6 N–H and O–H groups in total. The van der Waals surface area contributed by atoms with Gasteiger partial charge in [0.25, 0.3) is 0 Å². The molecule has 198 valence electrons. The van der Waals surface area contributed by atoms with Gasteiger partial charge in [-0.25, -0.2) is 9.59 Å². The Kier molecular flexibility index (Phi) is 6.23. The Hall–Kier alpha value is -4.90. The van der Waals surface area contributed by atoms with Gasteiger partial charge >= 0.3 is 12.0 Å². The molecule has 10 nitrogen and oxygen atoms in total. The van der Waals surface area contributed by atoms with Crippen LogP contribution >= 0.6 is 12.2 Å². The van der Waals surface area contributed by atoms with E-state index in [0.29, 0.717) is 22.3 Å². The minimum absolute atomic E-state index is 0.0222. The average molecular weight is 546 g/mol. The summed E-state index contributed by atoms with van der Waals surface area (Å²) in [5.74, 6) is -0.657. The van der Waals surface area contributed by atoms with Gasteiger partial charge in [0.05, 0.1) is 16.6 Å². The van der Waals surface area contributed by atoms with Crippen LogP contribution in [0.15, 0.2) is 66.7 Å². The molecule has 0 saturated carbocycles. The summed E-state index contributed by atoms with van der Waals surface area (Å²) in [6, 6.07) is 12.4. The zero-order valence-corrected chi connectivity index (χ0v) is 21.4. The van der Waals surface area contributed by atoms with E-state index in [-0.39, 0.29) is 45.5 Å². The molecule has 3 amide bonds. The maximum atomic E-state index is 13.4. The van der Waals surface area contributed by atoms with Gasteiger partial charge in [-0.1, -0.05) is 30.9 Å². The number of esters is 1. The zero-order valence-electron chi connectivity index (χ0n) is 20.6. The number of urea groups is 1. The number of ether oxygens (including phenoxy) is 2. The highest BCUT2D eigenvalue weighted by Crippen LogP contribution is 2.57. The summed E-state index contributed by atoms with van der Waals surface area (Å²) in [6.07, 6.45) is 0.0222. The summed E-state index contributed by atoms with van der Waals surface area (Å²) in [7, 11) is 0. The van der Waals surface area contributed by atoms with Crippen LogP contribution in [0.2, 0.25) is 0 Å². The molecule has 11 heteroatoms. The lowest BCUT2D eigenvalue weighted by Gasteiger charge is -2.36. The second-order valence-corrected chi connectivity index (χ2v) is 9.75. The van der Waals surface area contributed by atoms with E-state index < -0.39 is 29.6 Å². The van der Waals surface area contributed by atoms with E-state index in [9.17, 15) is 24.6 Å². The number of amides is 3. The molecule has 3 aromatic rings. The van der Waals surface area contributed by atoms with E-state index in [1.54, 1.807) is 37.3 Å². The first-order chi connectivity index (χ1) is 18.5. The summed E-state index contributed by atoms with van der Waals surface area (Å²) in [5.41, 5.74) is 6.24. The standard InChI is InChI=1S/C28H23N3O7S/c1-13(2)25(34)30-21(12-24(39)31-27(29)36)14-3-6-18-17(9-14)26(35)38-28(18)19-7-4-15(32)10-22(19)37-23-11-16(33)5-8-20(23)28/h3-11,21,32-33H,1,12H2,2H3,(H,30,34)(H3,29,31,36,39). The lowest BCUT2D eigenvalue weighted by molar-refractivity contribution is -0.118. The van der Waals surface area contributed by atoms with Crippen molar-refractivity contribution in [3.63, 3.8) is 0 Å². The minimum atomic E-state index is -1.42. The van der Waals surface area contributed by atoms with Crippen LogP contribution in [0, 0.1) is 0 Å². The molecule has 0 fully saturated rings. The number of fused-ring (bicyclic) bond motifs is 6. The van der Waals surface area contributed by atoms with E-state index in [2.05, 4.69) is 17.2 Å². The number of phenols is 2. The average Bonchev–Trinajstić information content (AvgIpc) is 3.14. The Labute approximate surface area is 228 Å². The Balaban J connectivity index is 1.65. The summed E-state index contributed by atoms with van der Waals surface area (Å²) in [6.45, 7) is 5.20. The van der Waals surface area contributed by atoms with Crippen LogP contribution in [0.4, 0.5) is 4.79 Å². The Morgan fingerprint density at radius 2 is 1.62 bits per heavy atom. The predicted molar refractivity (Wildman–Crippen MR) is 144 cm³/mol. The number of hydrogen-bond donors (Lipinski definition) is 5. The Bertz CT molecular complexity index is 1550. The van der Waals surface area contributed by atoms with Crippen LogP contribution in [-0.4, -0.2) is 33.1 Å². The van der Waals surface area contributed by atoms with E-state index in [0.717, 1.165) is 0 Å². The number of aromatic hydroxyl groups is 2. The molecule has 1 unspecified atom stereocenters. The molecule has 2 aliphatic rings. The molecule has 0 aromatic heterocycles. The van der Waals surface area contributed by atoms with Gasteiger partial charge in [0.2, 0.25) is 5.91 Å². The highest BCUT2D eigenvalue weighted by molar-refractivity contribution is 7.80. The second-order valence-electron chi connectivity index (χ2n) is 9.26. The van der Waals surface area contributed by atoms with Gasteiger partial charge in [-0.2, -0.15) is 0 Å². The lowest BCUT2D eigenvalue weighted by Crippen LogP contribution is -2.38. The topological polar surface area (TPSA) is 160 Å². The van der Waals surface area contributed by atoms with E-state index in [4.69, 9.17) is 27.4 Å². The molecule has 2 heterocycles. The van der Waals surface area contributed by atoms with Crippen LogP contribution in [0.25, 0.3) is 0 Å². The SMILES string of the molecule is C=C(C)C(=O)NC(CC(=S)NC(N)=O)c1ccc2c(c1)C(=O)OC21c2ccc(O)cc2Oc2cc(O)ccc21. The number of phenolic OH excluding ortho intramolecular Hbond substituents is 2. The fourth-order valence-electron chi connectivity index (χ4n) is 4.85. The van der Waals surface area contributed by atoms with Crippen molar-refractivity contribution in [2.75, 3.05) is 0 Å². The monoisotopic (exact) mass is 545 g/mol. The van der Waals surface area contributed by atoms with Gasteiger partial charge in [0.15, 0.2) is 5.60 Å². The molecule has 39 heavy (non-hydrogen) atoms. The molecule has 1 spiro atoms. The maximum Gasteiger partial charge on any atom is 0.340 e. The van der Waals surface area contributed by atoms with Crippen molar-refractivity contribution < 1.29 is 34.1 Å². The number of nitrogens with two attached hydrogens (primary N) is 1. The van der Waals surface area contributed by atoms with Crippen molar-refractivity contribution in [2.45, 2.75) is 25.0 Å². The molecule has 3 aromatic carbocycles. The second kappa shape index (κ2) is 9.44. The lowest BCUT2D eigenvalue weighted by atomic mass is 9.77. The minimum Gasteiger partial charge on any atom is -0.508 e. The quantitative estimate of drug-likeness (QED) is 0.184. The third-order valence-electron chi connectivity index (χ3n) is 6.54. The number of nitrogens with one attached hydrogen (secondary N) is 2. The number of benzene rings is 3. The summed E-state index contributed by atoms with van der Waals surface area (Å²) in [5, 5.41) is 25.3. The molecular formula is C28H23N3O7S. The first kappa shape index (κ1) is 25.7. The first-order valence-corrected chi connectivity index (χ1v) is 12.2. The van der Waals surface area contributed by atoms with Gasteiger partial charge in [-0.15, -0.1) is 0 Å². The smallest absolute Gasteiger partial charge is 0.340 e. The third-order valence-corrected chi connectivity index (χ3v) is 6.81. The zero-order chi connectivity index (χ0) is 28.1. The van der Waals surface area contributed by atoms with E-state index in [1.165, 1.54) is 24.3 Å². The van der Waals surface area contributed by atoms with Crippen molar-refractivity contribution in [3.05, 3.63) is 94.6 Å². The number of thiocarbonyl (C=S) groups is 1. The van der Waals surface area contributed by atoms with Crippen molar-refractivity contribution in [1.82, 2.24) is 10.6 Å². The van der Waals surface area contributed by atoms with Gasteiger partial charge in [-0.3, -0.25) is 4.79 Å². The molecule has 0 bridgehead atoms. The van der Waals surface area contributed by atoms with Crippen LogP contribution in [0.5, 0.6) is 23.0 Å². The van der Waals surface area contributed by atoms with Gasteiger partial charge in [-0.05, 0) is 42.8 Å². The molecule has 0 aliphatic carbocycles. The van der Waals surface area contributed by atoms with Crippen molar-refractivity contribution in [2.24, 2.45) is 5.73 Å². The van der Waals surface area contributed by atoms with Gasteiger partial charge in [0, 0.05) is 40.8 Å². The number of carbonyl (C=O) groups excluding carboxylic acids is 3. The maximum absolute atomic E-state index is 13.4. The van der Waals surface area contributed by atoms with Gasteiger partial charge in [0.1, 0.15) is 23.0 Å². The van der Waals surface area contributed by atoms with Crippen molar-refractivity contribution >= 4 is 35.1 Å². The molecule has 5 rings (SSSR count). The number of rotatable bonds is 5. The molecule has 1 atom stereocenters. The normalized spacial score (nSPS) is 14.6. The van der Waals surface area contributed by atoms with E-state index in [1.807, 2.05) is 0 Å². The number of carbonyl (C=O) groups is 3. The van der Waals surface area contributed by atoms with Crippen LogP contribution in [0.3, 0.4) is 0 Å². The third kappa shape index (κ3) is 4.42. The van der Waals surface area contributed by atoms with Crippen LogP contribution in [0.1, 0.15) is 52.0 Å². The van der Waals surface area contributed by atoms with Crippen molar-refractivity contribution in [3.8, 4) is 23.0 Å².